The van der Waals surface area contributed by atoms with Crippen LogP contribution < -0.4 is 5.73 Å². The lowest BCUT2D eigenvalue weighted by molar-refractivity contribution is 0.0287. The van der Waals surface area contributed by atoms with Gasteiger partial charge in [-0.3, -0.25) is 0 Å². The Bertz CT molecular complexity index is 404. The highest BCUT2D eigenvalue weighted by atomic mass is 16.5. The second-order valence-corrected chi connectivity index (χ2v) is 5.83. The van der Waals surface area contributed by atoms with Crippen LogP contribution in [0.5, 0.6) is 0 Å². The number of methoxy groups -OCH3 is 1. The van der Waals surface area contributed by atoms with Gasteiger partial charge in [0.15, 0.2) is 5.82 Å². The van der Waals surface area contributed by atoms with Crippen molar-refractivity contribution in [2.24, 2.45) is 11.7 Å². The molecule has 1 heterocycles. The average molecular weight is 277 g/mol. The minimum absolute atomic E-state index is 0.0353. The van der Waals surface area contributed by atoms with E-state index in [1.54, 1.807) is 7.11 Å². The van der Waals surface area contributed by atoms with Crippen LogP contribution in [0.2, 0.25) is 0 Å². The Labute approximate surface area is 122 Å². The highest BCUT2D eigenvalue weighted by Crippen LogP contribution is 2.35. The summed E-state index contributed by atoms with van der Waals surface area (Å²) in [6.07, 6.45) is 10.0. The molecule has 2 rings (SSSR count). The van der Waals surface area contributed by atoms with Crippen LogP contribution >= 0.6 is 0 Å². The third kappa shape index (κ3) is 4.00. The smallest absolute Gasteiger partial charge is 0.157 e. The summed E-state index contributed by atoms with van der Waals surface area (Å²) in [5, 5.41) is 0. The second kappa shape index (κ2) is 7.70. The molecule has 4 heteroatoms. The summed E-state index contributed by atoms with van der Waals surface area (Å²) in [4.78, 5) is 9.13. The molecule has 0 bridgehead atoms. The van der Waals surface area contributed by atoms with Gasteiger partial charge in [0, 0.05) is 31.5 Å². The third-order valence-electron chi connectivity index (χ3n) is 4.31. The normalized spacial score (nSPS) is 19.8. The Morgan fingerprint density at radius 3 is 2.75 bits per heavy atom. The molecule has 1 aliphatic carbocycles. The first kappa shape index (κ1) is 15.4. The van der Waals surface area contributed by atoms with Crippen molar-refractivity contribution in [2.75, 3.05) is 7.11 Å². The summed E-state index contributed by atoms with van der Waals surface area (Å²) in [5.74, 6) is 1.39. The third-order valence-corrected chi connectivity index (χ3v) is 4.31. The molecular formula is C16H27N3O. The number of aromatic nitrogens is 2. The fourth-order valence-corrected chi connectivity index (χ4v) is 3.02. The molecule has 1 aromatic heterocycles. The number of ether oxygens (including phenoxy) is 1. The molecule has 0 saturated heterocycles. The van der Waals surface area contributed by atoms with E-state index >= 15 is 0 Å². The lowest BCUT2D eigenvalue weighted by Gasteiger charge is -2.28. The predicted octanol–water partition coefficient (Wildman–Crippen LogP) is 3.02. The van der Waals surface area contributed by atoms with Crippen molar-refractivity contribution < 1.29 is 4.74 Å². The highest BCUT2D eigenvalue weighted by molar-refractivity contribution is 5.07. The van der Waals surface area contributed by atoms with E-state index in [4.69, 9.17) is 15.5 Å². The molecule has 112 valence electrons. The first-order valence-corrected chi connectivity index (χ1v) is 7.84. The van der Waals surface area contributed by atoms with E-state index in [0.717, 1.165) is 24.4 Å². The summed E-state index contributed by atoms with van der Waals surface area (Å²) >= 11 is 0. The van der Waals surface area contributed by atoms with E-state index < -0.39 is 0 Å². The van der Waals surface area contributed by atoms with Gasteiger partial charge in [0.05, 0.1) is 0 Å². The van der Waals surface area contributed by atoms with Crippen LogP contribution in [0, 0.1) is 5.92 Å². The molecule has 2 atom stereocenters. The van der Waals surface area contributed by atoms with Crippen molar-refractivity contribution in [3.8, 4) is 0 Å². The van der Waals surface area contributed by atoms with E-state index in [0.29, 0.717) is 5.92 Å². The molecule has 0 aliphatic heterocycles. The molecule has 0 amide bonds. The number of nitrogens with zero attached hydrogens (tertiary/aromatic N) is 2. The molecule has 1 aliphatic rings. The van der Waals surface area contributed by atoms with Crippen LogP contribution in [0.25, 0.3) is 0 Å². The van der Waals surface area contributed by atoms with Crippen molar-refractivity contribution in [2.45, 2.75) is 64.0 Å². The molecule has 2 N–H and O–H groups in total. The fraction of sp³-hybridized carbons (Fsp3) is 0.750. The van der Waals surface area contributed by atoms with E-state index in [1.807, 2.05) is 12.3 Å². The summed E-state index contributed by atoms with van der Waals surface area (Å²) in [5.41, 5.74) is 7.04. The molecule has 1 aromatic rings. The summed E-state index contributed by atoms with van der Waals surface area (Å²) in [6.45, 7) is 2.10. The van der Waals surface area contributed by atoms with E-state index in [2.05, 4.69) is 11.9 Å². The lowest BCUT2D eigenvalue weighted by Crippen LogP contribution is -2.24. The van der Waals surface area contributed by atoms with Crippen molar-refractivity contribution in [3.63, 3.8) is 0 Å². The van der Waals surface area contributed by atoms with E-state index in [9.17, 15) is 0 Å². The zero-order valence-corrected chi connectivity index (χ0v) is 12.7. The van der Waals surface area contributed by atoms with Crippen LogP contribution in [-0.4, -0.2) is 23.1 Å². The van der Waals surface area contributed by atoms with Crippen LogP contribution in [0.3, 0.4) is 0 Å². The minimum atomic E-state index is 0.0353. The molecule has 1 fully saturated rings. The Kier molecular flexibility index (Phi) is 5.92. The topological polar surface area (TPSA) is 61.0 Å². The second-order valence-electron chi connectivity index (χ2n) is 5.83. The van der Waals surface area contributed by atoms with Crippen LogP contribution in [-0.2, 0) is 11.2 Å². The van der Waals surface area contributed by atoms with E-state index in [1.165, 1.54) is 32.1 Å². The Balaban J connectivity index is 2.10. The number of hydrogen-bond acceptors (Lipinski definition) is 4. The minimum Gasteiger partial charge on any atom is -0.373 e. The lowest BCUT2D eigenvalue weighted by atomic mass is 9.85. The standard InChI is InChI=1S/C16H27N3O/c1-3-13(17)11-14-9-10-18-16(19-14)15(20-2)12-7-5-4-6-8-12/h9-10,12-13,15H,3-8,11,17H2,1-2H3. The molecule has 20 heavy (non-hydrogen) atoms. The molecule has 0 aromatic carbocycles. The van der Waals surface area contributed by atoms with Gasteiger partial charge < -0.3 is 10.5 Å². The summed E-state index contributed by atoms with van der Waals surface area (Å²) < 4.78 is 5.71. The number of hydrogen-bond donors (Lipinski definition) is 1. The quantitative estimate of drug-likeness (QED) is 0.868. The number of nitrogens with two attached hydrogens (primary N) is 1. The maximum atomic E-state index is 6.01. The monoisotopic (exact) mass is 277 g/mol. The molecule has 0 spiro atoms. The van der Waals surface area contributed by atoms with Crippen LogP contribution in [0.4, 0.5) is 0 Å². The largest absolute Gasteiger partial charge is 0.373 e. The van der Waals surface area contributed by atoms with Crippen molar-refractivity contribution in [1.82, 2.24) is 9.97 Å². The molecular weight excluding hydrogens is 250 g/mol. The Hall–Kier alpha value is -1.00. The molecule has 4 nitrogen and oxygen atoms in total. The maximum absolute atomic E-state index is 6.01. The van der Waals surface area contributed by atoms with Gasteiger partial charge in [-0.1, -0.05) is 26.2 Å². The average Bonchev–Trinajstić information content (AvgIpc) is 2.49. The zero-order chi connectivity index (χ0) is 14.4. The van der Waals surface area contributed by atoms with Gasteiger partial charge in [0.25, 0.3) is 0 Å². The van der Waals surface area contributed by atoms with Crippen molar-refractivity contribution in [3.05, 3.63) is 23.8 Å². The predicted molar refractivity (Wildman–Crippen MR) is 80.3 cm³/mol. The Morgan fingerprint density at radius 1 is 1.35 bits per heavy atom. The van der Waals surface area contributed by atoms with Gasteiger partial charge in [0.1, 0.15) is 6.10 Å². The van der Waals surface area contributed by atoms with Crippen molar-refractivity contribution in [1.29, 1.82) is 0 Å². The zero-order valence-electron chi connectivity index (χ0n) is 12.7. The SMILES string of the molecule is CCC(N)Cc1ccnc(C(OC)C2CCCCC2)n1. The van der Waals surface area contributed by atoms with Gasteiger partial charge in [-0.2, -0.15) is 0 Å². The van der Waals surface area contributed by atoms with Gasteiger partial charge in [0.2, 0.25) is 0 Å². The first-order valence-electron chi connectivity index (χ1n) is 7.84. The Morgan fingerprint density at radius 2 is 2.10 bits per heavy atom. The first-order chi connectivity index (χ1) is 9.74. The van der Waals surface area contributed by atoms with Gasteiger partial charge >= 0.3 is 0 Å². The highest BCUT2D eigenvalue weighted by Gasteiger charge is 2.27. The summed E-state index contributed by atoms with van der Waals surface area (Å²) in [6, 6.07) is 2.14. The fourth-order valence-electron chi connectivity index (χ4n) is 3.02. The summed E-state index contributed by atoms with van der Waals surface area (Å²) in [7, 11) is 1.77. The molecule has 1 saturated carbocycles. The van der Waals surface area contributed by atoms with Crippen molar-refractivity contribution >= 4 is 0 Å². The van der Waals surface area contributed by atoms with Gasteiger partial charge in [-0.25, -0.2) is 9.97 Å². The van der Waals surface area contributed by atoms with Crippen LogP contribution in [0.1, 0.15) is 63.1 Å². The van der Waals surface area contributed by atoms with E-state index in [-0.39, 0.29) is 12.1 Å². The number of rotatable bonds is 6. The molecule has 2 unspecified atom stereocenters. The van der Waals surface area contributed by atoms with Gasteiger partial charge in [-0.15, -0.1) is 0 Å². The molecule has 0 radical (unpaired) electrons. The van der Waals surface area contributed by atoms with Crippen LogP contribution in [0.15, 0.2) is 12.3 Å². The van der Waals surface area contributed by atoms with Gasteiger partial charge in [-0.05, 0) is 31.2 Å². The maximum Gasteiger partial charge on any atom is 0.157 e.